The zero-order valence-electron chi connectivity index (χ0n) is 11.7. The van der Waals surface area contributed by atoms with Gasteiger partial charge in [0.1, 0.15) is 5.82 Å². The summed E-state index contributed by atoms with van der Waals surface area (Å²) in [5, 5.41) is 8.97. The molecule has 1 atom stereocenters. The monoisotopic (exact) mass is 275 g/mol. The number of nitrogens with zero attached hydrogens (tertiary/aromatic N) is 1. The summed E-state index contributed by atoms with van der Waals surface area (Å²) >= 11 is 1.80. The van der Waals surface area contributed by atoms with Gasteiger partial charge in [0, 0.05) is 29.4 Å². The third-order valence-corrected chi connectivity index (χ3v) is 3.91. The third kappa shape index (κ3) is 3.70. The van der Waals surface area contributed by atoms with E-state index < -0.39 is 0 Å². The van der Waals surface area contributed by atoms with Gasteiger partial charge in [-0.25, -0.2) is 4.98 Å². The molecule has 0 amide bonds. The molecule has 0 aliphatic heterocycles. The Labute approximate surface area is 119 Å². The van der Waals surface area contributed by atoms with Crippen LogP contribution in [-0.4, -0.2) is 11.5 Å². The number of hydrogen-bond acceptors (Lipinski definition) is 4. The smallest absolute Gasteiger partial charge is 0.127 e. The van der Waals surface area contributed by atoms with Gasteiger partial charge in [0.2, 0.25) is 0 Å². The fraction of sp³-hybridized carbons (Fsp3) is 0.400. The highest BCUT2D eigenvalue weighted by atomic mass is 32.1. The number of anilines is 2. The van der Waals surface area contributed by atoms with Crippen LogP contribution in [-0.2, 0) is 0 Å². The number of hydrogen-bond donors (Lipinski definition) is 2. The van der Waals surface area contributed by atoms with Crippen molar-refractivity contribution in [1.82, 2.24) is 4.98 Å². The summed E-state index contributed by atoms with van der Waals surface area (Å²) in [6, 6.07) is 8.72. The molecular weight excluding hydrogens is 254 g/mol. The van der Waals surface area contributed by atoms with E-state index in [1.807, 2.05) is 12.3 Å². The van der Waals surface area contributed by atoms with E-state index in [4.69, 9.17) is 0 Å². The average molecular weight is 275 g/mol. The van der Waals surface area contributed by atoms with Gasteiger partial charge in [0.25, 0.3) is 0 Å². The quantitative estimate of drug-likeness (QED) is 0.821. The number of nitrogens with one attached hydrogen (secondary N) is 2. The maximum absolute atomic E-state index is 4.30. The Hall–Kier alpha value is -1.55. The molecule has 0 saturated carbocycles. The number of aromatic nitrogens is 1. The molecule has 0 bridgehead atoms. The zero-order chi connectivity index (χ0) is 13.7. The predicted octanol–water partition coefficient (Wildman–Crippen LogP) is 4.38. The van der Waals surface area contributed by atoms with Crippen molar-refractivity contribution in [3.63, 3.8) is 0 Å². The standard InChI is InChI=1S/C15H21N3S/c1-4-16-14-10-12(7-8-17-14)18-15(11(2)3)13-6-5-9-19-13/h5-11,15H,4H2,1-3H3,(H2,16,17,18). The molecule has 2 rings (SSSR count). The molecule has 19 heavy (non-hydrogen) atoms. The minimum Gasteiger partial charge on any atom is -0.377 e. The van der Waals surface area contributed by atoms with Gasteiger partial charge in [-0.15, -0.1) is 11.3 Å². The average Bonchev–Trinajstić information content (AvgIpc) is 2.90. The van der Waals surface area contributed by atoms with Crippen molar-refractivity contribution >= 4 is 22.8 Å². The third-order valence-electron chi connectivity index (χ3n) is 2.96. The van der Waals surface area contributed by atoms with E-state index in [0.717, 1.165) is 18.1 Å². The fourth-order valence-electron chi connectivity index (χ4n) is 2.01. The molecule has 0 radical (unpaired) electrons. The minimum atomic E-state index is 0.344. The summed E-state index contributed by atoms with van der Waals surface area (Å²) in [7, 11) is 0. The van der Waals surface area contributed by atoms with Crippen LogP contribution in [0.2, 0.25) is 0 Å². The molecule has 3 nitrogen and oxygen atoms in total. The van der Waals surface area contributed by atoms with E-state index in [9.17, 15) is 0 Å². The second-order valence-corrected chi connectivity index (χ2v) is 5.82. The van der Waals surface area contributed by atoms with E-state index in [-0.39, 0.29) is 0 Å². The first kappa shape index (κ1) is 13.9. The van der Waals surface area contributed by atoms with E-state index in [0.29, 0.717) is 12.0 Å². The summed E-state index contributed by atoms with van der Waals surface area (Å²) < 4.78 is 0. The molecule has 2 heterocycles. The van der Waals surface area contributed by atoms with Gasteiger partial charge in [-0.2, -0.15) is 0 Å². The molecular formula is C15H21N3S. The molecule has 1 unspecified atom stereocenters. The summed E-state index contributed by atoms with van der Waals surface area (Å²) in [6.45, 7) is 7.44. The summed E-state index contributed by atoms with van der Waals surface area (Å²) in [4.78, 5) is 5.67. The molecule has 0 fully saturated rings. The van der Waals surface area contributed by atoms with Gasteiger partial charge in [-0.05, 0) is 30.4 Å². The van der Waals surface area contributed by atoms with Crippen LogP contribution in [0.1, 0.15) is 31.7 Å². The number of pyridine rings is 1. The Bertz CT molecular complexity index is 494. The first-order chi connectivity index (χ1) is 9.20. The van der Waals surface area contributed by atoms with Gasteiger partial charge < -0.3 is 10.6 Å². The van der Waals surface area contributed by atoms with Gasteiger partial charge in [-0.1, -0.05) is 19.9 Å². The van der Waals surface area contributed by atoms with Crippen LogP contribution in [0, 0.1) is 5.92 Å². The summed E-state index contributed by atoms with van der Waals surface area (Å²) in [5.41, 5.74) is 1.11. The lowest BCUT2D eigenvalue weighted by Gasteiger charge is -2.22. The lowest BCUT2D eigenvalue weighted by molar-refractivity contribution is 0.554. The van der Waals surface area contributed by atoms with Crippen LogP contribution >= 0.6 is 11.3 Å². The normalized spacial score (nSPS) is 12.4. The first-order valence-corrected chi connectivity index (χ1v) is 7.58. The van der Waals surface area contributed by atoms with Crippen molar-refractivity contribution in [1.29, 1.82) is 0 Å². The van der Waals surface area contributed by atoms with Gasteiger partial charge in [-0.3, -0.25) is 0 Å². The lowest BCUT2D eigenvalue weighted by atomic mass is 10.0. The minimum absolute atomic E-state index is 0.344. The fourth-order valence-corrected chi connectivity index (χ4v) is 2.96. The highest BCUT2D eigenvalue weighted by Crippen LogP contribution is 2.30. The van der Waals surface area contributed by atoms with Crippen molar-refractivity contribution in [2.24, 2.45) is 5.92 Å². The van der Waals surface area contributed by atoms with Crippen molar-refractivity contribution < 1.29 is 0 Å². The van der Waals surface area contributed by atoms with Crippen LogP contribution in [0.4, 0.5) is 11.5 Å². The topological polar surface area (TPSA) is 37.0 Å². The first-order valence-electron chi connectivity index (χ1n) is 6.70. The largest absolute Gasteiger partial charge is 0.377 e. The molecule has 0 aliphatic carbocycles. The van der Waals surface area contributed by atoms with Crippen LogP contribution in [0.5, 0.6) is 0 Å². The zero-order valence-corrected chi connectivity index (χ0v) is 12.5. The summed E-state index contributed by atoms with van der Waals surface area (Å²) in [5.74, 6) is 1.45. The Morgan fingerprint density at radius 1 is 1.32 bits per heavy atom. The van der Waals surface area contributed by atoms with Crippen LogP contribution in [0.25, 0.3) is 0 Å². The van der Waals surface area contributed by atoms with E-state index in [1.54, 1.807) is 11.3 Å². The van der Waals surface area contributed by atoms with Gasteiger partial charge >= 0.3 is 0 Å². The molecule has 2 aromatic heterocycles. The maximum Gasteiger partial charge on any atom is 0.127 e. The molecule has 2 aromatic rings. The van der Waals surface area contributed by atoms with Crippen LogP contribution in [0.15, 0.2) is 35.8 Å². The highest BCUT2D eigenvalue weighted by Gasteiger charge is 2.16. The SMILES string of the molecule is CCNc1cc(NC(c2cccs2)C(C)C)ccn1. The van der Waals surface area contributed by atoms with E-state index in [1.165, 1.54) is 4.88 Å². The molecule has 2 N–H and O–H groups in total. The molecule has 0 aromatic carbocycles. The molecule has 0 aliphatic rings. The predicted molar refractivity (Wildman–Crippen MR) is 83.9 cm³/mol. The van der Waals surface area contributed by atoms with Crippen molar-refractivity contribution in [3.8, 4) is 0 Å². The Balaban J connectivity index is 2.15. The second-order valence-electron chi connectivity index (χ2n) is 4.84. The Morgan fingerprint density at radius 2 is 2.16 bits per heavy atom. The second kappa shape index (κ2) is 6.57. The number of rotatable bonds is 6. The molecule has 4 heteroatoms. The molecule has 0 saturated heterocycles. The van der Waals surface area contributed by atoms with Crippen LogP contribution in [0.3, 0.4) is 0 Å². The van der Waals surface area contributed by atoms with E-state index in [2.05, 4.69) is 60.0 Å². The highest BCUT2D eigenvalue weighted by molar-refractivity contribution is 7.10. The molecule has 0 spiro atoms. The lowest BCUT2D eigenvalue weighted by Crippen LogP contribution is -2.15. The van der Waals surface area contributed by atoms with Crippen molar-refractivity contribution in [2.45, 2.75) is 26.8 Å². The van der Waals surface area contributed by atoms with Crippen LogP contribution < -0.4 is 10.6 Å². The molecule has 102 valence electrons. The van der Waals surface area contributed by atoms with Gasteiger partial charge in [0.15, 0.2) is 0 Å². The van der Waals surface area contributed by atoms with Crippen molar-refractivity contribution in [3.05, 3.63) is 40.7 Å². The summed E-state index contributed by atoms with van der Waals surface area (Å²) in [6.07, 6.45) is 1.84. The van der Waals surface area contributed by atoms with E-state index >= 15 is 0 Å². The Morgan fingerprint density at radius 3 is 2.79 bits per heavy atom. The Kier molecular flexibility index (Phi) is 4.80. The van der Waals surface area contributed by atoms with Gasteiger partial charge in [0.05, 0.1) is 6.04 Å². The van der Waals surface area contributed by atoms with Crippen molar-refractivity contribution in [2.75, 3.05) is 17.2 Å². The maximum atomic E-state index is 4.30. The number of thiophene rings is 1.